The Kier molecular flexibility index (Phi) is 17.9. The van der Waals surface area contributed by atoms with Crippen molar-refractivity contribution in [1.82, 2.24) is 31.9 Å². The average molecular weight is 708 g/mol. The summed E-state index contributed by atoms with van der Waals surface area (Å²) in [6.07, 6.45) is 0.114. The van der Waals surface area contributed by atoms with E-state index in [1.165, 1.54) is 31.2 Å². The van der Waals surface area contributed by atoms with E-state index in [9.17, 15) is 43.8 Å². The number of amides is 6. The van der Waals surface area contributed by atoms with E-state index in [2.05, 4.69) is 31.9 Å². The number of benzene rings is 1. The number of nitrogens with one attached hydrogen (secondary N) is 6. The highest BCUT2D eigenvalue weighted by molar-refractivity contribution is 5.96. The number of aliphatic carboxylic acids is 1. The second-order valence-electron chi connectivity index (χ2n) is 13.2. The van der Waals surface area contributed by atoms with Crippen molar-refractivity contribution in [3.05, 3.63) is 29.8 Å². The Morgan fingerprint density at radius 3 is 1.68 bits per heavy atom. The molecule has 280 valence electrons. The Morgan fingerprint density at radius 2 is 1.20 bits per heavy atom. The molecular weight excluding hydrogens is 654 g/mol. The van der Waals surface area contributed by atoms with Crippen LogP contribution in [0.2, 0.25) is 0 Å². The first-order chi connectivity index (χ1) is 23.3. The number of hydrogen-bond acceptors (Lipinski definition) is 10. The van der Waals surface area contributed by atoms with Crippen LogP contribution in [0.4, 0.5) is 0 Å². The smallest absolute Gasteiger partial charge is 0.325 e. The fourth-order valence-electron chi connectivity index (χ4n) is 4.61. The van der Waals surface area contributed by atoms with Gasteiger partial charge in [-0.25, -0.2) is 0 Å². The Hall–Kier alpha value is -4.77. The number of nitrogens with two attached hydrogens (primary N) is 1. The molecule has 0 bridgehead atoms. The van der Waals surface area contributed by atoms with Crippen LogP contribution in [-0.4, -0.2) is 106 Å². The van der Waals surface area contributed by atoms with Crippen molar-refractivity contribution < 1.29 is 48.9 Å². The van der Waals surface area contributed by atoms with Crippen molar-refractivity contribution in [3.8, 4) is 5.75 Å². The van der Waals surface area contributed by atoms with Gasteiger partial charge in [0.1, 0.15) is 42.0 Å². The minimum atomic E-state index is -1.27. The molecule has 0 heterocycles. The third kappa shape index (κ3) is 14.8. The molecule has 0 spiro atoms. The van der Waals surface area contributed by atoms with E-state index >= 15 is 0 Å². The quantitative estimate of drug-likeness (QED) is 0.0726. The van der Waals surface area contributed by atoms with E-state index in [-0.39, 0.29) is 24.5 Å². The van der Waals surface area contributed by atoms with Crippen molar-refractivity contribution >= 4 is 41.4 Å². The molecule has 50 heavy (non-hydrogen) atoms. The van der Waals surface area contributed by atoms with Gasteiger partial charge in [-0.1, -0.05) is 53.7 Å². The zero-order valence-electron chi connectivity index (χ0n) is 29.6. The van der Waals surface area contributed by atoms with Crippen molar-refractivity contribution in [2.24, 2.45) is 23.5 Å². The SMILES string of the molecule is CC(C)C[C@H](NC(=O)CNC(=O)[C@H](Cc1ccc(O)cc1)NC(=O)[C@@H](NC(=O)[C@@H](NC(=O)[C@@H](N)CO)C(C)C)C(C)C)C(=O)N[C@@H](C)C(=O)O. The Bertz CT molecular complexity index is 1340. The van der Waals surface area contributed by atoms with Gasteiger partial charge in [-0.3, -0.25) is 33.6 Å². The fraction of sp³-hybridized carbons (Fsp3) is 0.606. The van der Waals surface area contributed by atoms with Crippen LogP contribution in [0.15, 0.2) is 24.3 Å². The van der Waals surface area contributed by atoms with Gasteiger partial charge in [0.25, 0.3) is 0 Å². The van der Waals surface area contributed by atoms with Gasteiger partial charge in [0, 0.05) is 6.42 Å². The van der Waals surface area contributed by atoms with Crippen LogP contribution in [0.3, 0.4) is 0 Å². The number of aliphatic hydroxyl groups is 1. The molecule has 0 unspecified atom stereocenters. The molecule has 0 aliphatic heterocycles. The first kappa shape index (κ1) is 43.3. The second-order valence-corrected chi connectivity index (χ2v) is 13.2. The van der Waals surface area contributed by atoms with Gasteiger partial charge >= 0.3 is 5.97 Å². The lowest BCUT2D eigenvalue weighted by Crippen LogP contribution is -2.60. The summed E-state index contributed by atoms with van der Waals surface area (Å²) in [4.78, 5) is 89.3. The van der Waals surface area contributed by atoms with Crippen LogP contribution in [0.1, 0.15) is 60.5 Å². The minimum absolute atomic E-state index is 0.0254. The lowest BCUT2D eigenvalue weighted by molar-refractivity contribution is -0.141. The summed E-state index contributed by atoms with van der Waals surface area (Å²) in [7, 11) is 0. The summed E-state index contributed by atoms with van der Waals surface area (Å²) in [5.74, 6) is -6.65. The first-order valence-electron chi connectivity index (χ1n) is 16.4. The Labute approximate surface area is 291 Å². The number of rotatable bonds is 20. The maximum absolute atomic E-state index is 13.6. The van der Waals surface area contributed by atoms with Gasteiger partial charge < -0.3 is 53.0 Å². The third-order valence-electron chi connectivity index (χ3n) is 7.55. The predicted octanol–water partition coefficient (Wildman–Crippen LogP) is -1.74. The number of carbonyl (C=O) groups excluding carboxylic acids is 6. The molecule has 0 saturated heterocycles. The van der Waals surface area contributed by atoms with Gasteiger partial charge in [-0.05, 0) is 48.8 Å². The van der Waals surface area contributed by atoms with E-state index in [0.29, 0.717) is 5.56 Å². The third-order valence-corrected chi connectivity index (χ3v) is 7.55. The summed E-state index contributed by atoms with van der Waals surface area (Å²) in [6, 6.07) is -1.21. The molecule has 6 atom stereocenters. The molecule has 0 radical (unpaired) electrons. The van der Waals surface area contributed by atoms with E-state index in [0.717, 1.165) is 0 Å². The van der Waals surface area contributed by atoms with Crippen LogP contribution < -0.4 is 37.6 Å². The van der Waals surface area contributed by atoms with E-state index in [1.807, 2.05) is 13.8 Å². The molecule has 1 rings (SSSR count). The number of carbonyl (C=O) groups is 7. The molecule has 0 saturated carbocycles. The van der Waals surface area contributed by atoms with Gasteiger partial charge in [-0.2, -0.15) is 0 Å². The zero-order chi connectivity index (χ0) is 38.3. The van der Waals surface area contributed by atoms with E-state index < -0.39 is 103 Å². The fourth-order valence-corrected chi connectivity index (χ4v) is 4.61. The lowest BCUT2D eigenvalue weighted by Gasteiger charge is -2.29. The van der Waals surface area contributed by atoms with Crippen molar-refractivity contribution in [2.75, 3.05) is 13.2 Å². The molecular formula is C33H53N7O10. The summed E-state index contributed by atoms with van der Waals surface area (Å²) in [5.41, 5.74) is 6.12. The molecule has 0 fully saturated rings. The Balaban J connectivity index is 3.16. The van der Waals surface area contributed by atoms with E-state index in [4.69, 9.17) is 10.8 Å². The number of hydrogen-bond donors (Lipinski definition) is 10. The molecule has 0 aliphatic carbocycles. The topological polar surface area (TPSA) is 278 Å². The van der Waals surface area contributed by atoms with Crippen LogP contribution in [-0.2, 0) is 40.0 Å². The van der Waals surface area contributed by atoms with Gasteiger partial charge in [0.15, 0.2) is 0 Å². The average Bonchev–Trinajstić information content (AvgIpc) is 3.03. The molecule has 1 aromatic carbocycles. The molecule has 17 heteroatoms. The van der Waals surface area contributed by atoms with Gasteiger partial charge in [0.05, 0.1) is 13.2 Å². The maximum atomic E-state index is 13.6. The van der Waals surface area contributed by atoms with Crippen LogP contribution in [0.25, 0.3) is 0 Å². The normalized spacial score (nSPS) is 14.8. The molecule has 17 nitrogen and oxygen atoms in total. The number of phenolic OH excluding ortho intramolecular Hbond substituents is 1. The highest BCUT2D eigenvalue weighted by atomic mass is 16.4. The maximum Gasteiger partial charge on any atom is 0.325 e. The molecule has 1 aromatic rings. The highest BCUT2D eigenvalue weighted by Gasteiger charge is 2.33. The predicted molar refractivity (Wildman–Crippen MR) is 182 cm³/mol. The van der Waals surface area contributed by atoms with Crippen molar-refractivity contribution in [3.63, 3.8) is 0 Å². The minimum Gasteiger partial charge on any atom is -0.508 e. The number of carboxylic acids is 1. The van der Waals surface area contributed by atoms with E-state index in [1.54, 1.807) is 27.7 Å². The van der Waals surface area contributed by atoms with Crippen LogP contribution in [0, 0.1) is 17.8 Å². The standard InChI is InChI=1S/C33H53N7O10/c1-16(2)12-23(30(46)36-19(7)33(49)50)37-25(43)14-35-29(45)24(13-20-8-10-21(42)11-9-20)38-31(47)26(17(3)4)40-32(48)27(18(5)6)39-28(44)22(34)15-41/h8-11,16-19,22-24,26-27,41-42H,12-15,34H2,1-7H3,(H,35,45)(H,36,46)(H,37,43)(H,38,47)(H,39,44)(H,40,48)(H,49,50)/t19-,22-,23-,24-,26-,27-/m0/s1. The first-order valence-corrected chi connectivity index (χ1v) is 16.4. The molecule has 0 aromatic heterocycles. The number of aromatic hydroxyl groups is 1. The zero-order valence-corrected chi connectivity index (χ0v) is 29.6. The van der Waals surface area contributed by atoms with Crippen molar-refractivity contribution in [1.29, 1.82) is 0 Å². The summed E-state index contributed by atoms with van der Waals surface area (Å²) < 4.78 is 0. The van der Waals surface area contributed by atoms with Crippen LogP contribution >= 0.6 is 0 Å². The Morgan fingerprint density at radius 1 is 0.680 bits per heavy atom. The summed E-state index contributed by atoms with van der Waals surface area (Å²) in [5, 5.41) is 43.0. The largest absolute Gasteiger partial charge is 0.508 e. The summed E-state index contributed by atoms with van der Waals surface area (Å²) >= 11 is 0. The second kappa shape index (κ2) is 20.7. The van der Waals surface area contributed by atoms with Gasteiger partial charge in [-0.15, -0.1) is 0 Å². The molecule has 11 N–H and O–H groups in total. The number of carboxylic acid groups (broad SMARTS) is 1. The molecule has 0 aliphatic rings. The lowest BCUT2D eigenvalue weighted by atomic mass is 9.98. The molecule has 6 amide bonds. The van der Waals surface area contributed by atoms with Crippen LogP contribution in [0.5, 0.6) is 5.75 Å². The monoisotopic (exact) mass is 707 g/mol. The number of aliphatic hydroxyl groups excluding tert-OH is 1. The summed E-state index contributed by atoms with van der Waals surface area (Å²) in [6.45, 7) is 10.3. The van der Waals surface area contributed by atoms with Gasteiger partial charge in [0.2, 0.25) is 35.4 Å². The van der Waals surface area contributed by atoms with Crippen molar-refractivity contribution in [2.45, 2.75) is 97.6 Å². The number of phenols is 1. The highest BCUT2D eigenvalue weighted by Crippen LogP contribution is 2.13.